The Morgan fingerprint density at radius 2 is 1.94 bits per heavy atom. The average molecular weight is 331 g/mol. The van der Waals surface area contributed by atoms with Gasteiger partial charge in [0, 0.05) is 23.8 Å². The number of halogens is 6. The molecule has 0 amide bonds. The third-order valence-corrected chi connectivity index (χ3v) is 3.14. The van der Waals surface area contributed by atoms with Crippen molar-refractivity contribution in [2.24, 2.45) is 5.92 Å². The van der Waals surface area contributed by atoms with E-state index in [1.165, 1.54) is 11.1 Å². The third-order valence-electron chi connectivity index (χ3n) is 2.70. The first-order valence-electron chi connectivity index (χ1n) is 5.05. The number of alkyl halides is 5. The Bertz CT molecular complexity index is 442. The molecule has 2 rings (SSSR count). The first kappa shape index (κ1) is 13.5. The standard InChI is InChI=1S/C10H8BrF5N2/c11-6-1-7(10(14,15)16)9(17-2-6)18-3-5(4-18)8(12)13/h1-2,5,8H,3-4H2. The van der Waals surface area contributed by atoms with E-state index in [-0.39, 0.29) is 23.4 Å². The monoisotopic (exact) mass is 330 g/mol. The van der Waals surface area contributed by atoms with Gasteiger partial charge in [-0.3, -0.25) is 0 Å². The van der Waals surface area contributed by atoms with E-state index in [0.717, 1.165) is 6.07 Å². The van der Waals surface area contributed by atoms with Crippen molar-refractivity contribution < 1.29 is 22.0 Å². The van der Waals surface area contributed by atoms with Gasteiger partial charge in [0.2, 0.25) is 6.43 Å². The highest BCUT2D eigenvalue weighted by Gasteiger charge is 2.41. The van der Waals surface area contributed by atoms with E-state index in [9.17, 15) is 22.0 Å². The van der Waals surface area contributed by atoms with E-state index in [4.69, 9.17) is 0 Å². The fourth-order valence-corrected chi connectivity index (χ4v) is 2.07. The molecule has 0 bridgehead atoms. The van der Waals surface area contributed by atoms with Crippen LogP contribution in [0.5, 0.6) is 0 Å². The number of hydrogen-bond donors (Lipinski definition) is 0. The second-order valence-corrected chi connectivity index (χ2v) is 4.94. The molecule has 18 heavy (non-hydrogen) atoms. The van der Waals surface area contributed by atoms with Crippen molar-refractivity contribution in [1.82, 2.24) is 4.98 Å². The highest BCUT2D eigenvalue weighted by molar-refractivity contribution is 9.10. The van der Waals surface area contributed by atoms with Crippen molar-refractivity contribution in [3.05, 3.63) is 22.3 Å². The molecule has 1 aliphatic rings. The Labute approximate surface area is 108 Å². The van der Waals surface area contributed by atoms with Crippen LogP contribution in [0, 0.1) is 5.92 Å². The van der Waals surface area contributed by atoms with Crippen LogP contribution in [0.1, 0.15) is 5.56 Å². The van der Waals surface area contributed by atoms with Crippen molar-refractivity contribution in [2.75, 3.05) is 18.0 Å². The van der Waals surface area contributed by atoms with Gasteiger partial charge in [-0.05, 0) is 22.0 Å². The summed E-state index contributed by atoms with van der Waals surface area (Å²) in [7, 11) is 0. The summed E-state index contributed by atoms with van der Waals surface area (Å²) >= 11 is 2.91. The SMILES string of the molecule is FC(F)C1CN(c2ncc(Br)cc2C(F)(F)F)C1. The third kappa shape index (κ3) is 2.57. The highest BCUT2D eigenvalue weighted by Crippen LogP contribution is 2.39. The van der Waals surface area contributed by atoms with Crippen LogP contribution >= 0.6 is 15.9 Å². The van der Waals surface area contributed by atoms with Crippen molar-refractivity contribution in [3.63, 3.8) is 0 Å². The molecule has 0 spiro atoms. The Morgan fingerprint density at radius 3 is 2.44 bits per heavy atom. The maximum absolute atomic E-state index is 12.8. The number of hydrogen-bond acceptors (Lipinski definition) is 2. The Balaban J connectivity index is 2.24. The predicted molar refractivity (Wildman–Crippen MR) is 58.6 cm³/mol. The van der Waals surface area contributed by atoms with E-state index >= 15 is 0 Å². The molecule has 1 aromatic rings. The van der Waals surface area contributed by atoms with E-state index < -0.39 is 24.1 Å². The summed E-state index contributed by atoms with van der Waals surface area (Å²) in [5, 5.41) is 0. The van der Waals surface area contributed by atoms with Gasteiger partial charge in [-0.25, -0.2) is 13.8 Å². The normalized spacial score (nSPS) is 17.2. The van der Waals surface area contributed by atoms with Crippen LogP contribution in [-0.2, 0) is 6.18 Å². The second-order valence-electron chi connectivity index (χ2n) is 4.02. The van der Waals surface area contributed by atoms with Gasteiger partial charge in [-0.1, -0.05) is 0 Å². The molecule has 2 nitrogen and oxygen atoms in total. The Morgan fingerprint density at radius 1 is 1.33 bits per heavy atom. The summed E-state index contributed by atoms with van der Waals surface area (Å²) in [4.78, 5) is 4.89. The summed E-state index contributed by atoms with van der Waals surface area (Å²) in [5.74, 6) is -1.17. The Kier molecular flexibility index (Phi) is 3.48. The molecule has 0 N–H and O–H groups in total. The smallest absolute Gasteiger partial charge is 0.355 e. The van der Waals surface area contributed by atoms with Crippen LogP contribution in [0.25, 0.3) is 0 Å². The molecule has 0 atom stereocenters. The van der Waals surface area contributed by atoms with Gasteiger partial charge in [0.1, 0.15) is 5.82 Å². The van der Waals surface area contributed by atoms with Crippen molar-refractivity contribution >= 4 is 21.7 Å². The van der Waals surface area contributed by atoms with E-state index in [0.29, 0.717) is 0 Å². The van der Waals surface area contributed by atoms with Crippen LogP contribution in [0.4, 0.5) is 27.8 Å². The average Bonchev–Trinajstić information content (AvgIpc) is 2.15. The molecule has 8 heteroatoms. The fraction of sp³-hybridized carbons (Fsp3) is 0.500. The topological polar surface area (TPSA) is 16.1 Å². The number of nitrogens with zero attached hydrogens (tertiary/aromatic N) is 2. The largest absolute Gasteiger partial charge is 0.419 e. The molecule has 1 aromatic heterocycles. The highest BCUT2D eigenvalue weighted by atomic mass is 79.9. The second kappa shape index (κ2) is 4.64. The fourth-order valence-electron chi connectivity index (χ4n) is 1.74. The lowest BCUT2D eigenvalue weighted by atomic mass is 10.00. The molecule has 100 valence electrons. The minimum absolute atomic E-state index is 0.102. The Hall–Kier alpha value is -0.920. The van der Waals surface area contributed by atoms with Crippen molar-refractivity contribution in [2.45, 2.75) is 12.6 Å². The van der Waals surface area contributed by atoms with Crippen molar-refractivity contribution in [1.29, 1.82) is 0 Å². The van der Waals surface area contributed by atoms with E-state index in [2.05, 4.69) is 20.9 Å². The zero-order chi connectivity index (χ0) is 13.5. The molecule has 1 fully saturated rings. The van der Waals surface area contributed by atoms with Crippen molar-refractivity contribution in [3.8, 4) is 0 Å². The molecule has 2 heterocycles. The van der Waals surface area contributed by atoms with Gasteiger partial charge in [-0.15, -0.1) is 0 Å². The summed E-state index contributed by atoms with van der Waals surface area (Å²) < 4.78 is 63.1. The minimum Gasteiger partial charge on any atom is -0.355 e. The lowest BCUT2D eigenvalue weighted by Crippen LogP contribution is -2.51. The van der Waals surface area contributed by atoms with Gasteiger partial charge in [0.15, 0.2) is 0 Å². The molecule has 1 saturated heterocycles. The first-order chi connectivity index (χ1) is 8.29. The van der Waals surface area contributed by atoms with E-state index in [1.54, 1.807) is 0 Å². The maximum atomic E-state index is 12.8. The molecule has 0 saturated carbocycles. The van der Waals surface area contributed by atoms with E-state index in [1.807, 2.05) is 0 Å². The van der Waals surface area contributed by atoms with Crippen LogP contribution in [0.2, 0.25) is 0 Å². The summed E-state index contributed by atoms with van der Waals surface area (Å²) in [6.45, 7) is -0.204. The molecule has 0 aliphatic carbocycles. The first-order valence-corrected chi connectivity index (χ1v) is 5.84. The van der Waals surface area contributed by atoms with Crippen LogP contribution < -0.4 is 4.90 Å². The lowest BCUT2D eigenvalue weighted by molar-refractivity contribution is -0.137. The molecular formula is C10H8BrF5N2. The summed E-state index contributed by atoms with van der Waals surface area (Å²) in [6.07, 6.45) is -5.84. The molecule has 0 aromatic carbocycles. The predicted octanol–water partition coefficient (Wildman–Crippen LogP) is 3.56. The van der Waals surface area contributed by atoms with Crippen LogP contribution in [-0.4, -0.2) is 24.5 Å². The molecule has 0 unspecified atom stereocenters. The van der Waals surface area contributed by atoms with Crippen LogP contribution in [0.3, 0.4) is 0 Å². The van der Waals surface area contributed by atoms with Gasteiger partial charge < -0.3 is 4.90 Å². The number of anilines is 1. The summed E-state index contributed by atoms with van der Waals surface area (Å²) in [5.41, 5.74) is -0.912. The molecule has 1 aliphatic heterocycles. The summed E-state index contributed by atoms with van der Waals surface area (Å²) in [6, 6.07) is 0.901. The molecular weight excluding hydrogens is 323 g/mol. The van der Waals surface area contributed by atoms with Crippen LogP contribution in [0.15, 0.2) is 16.7 Å². The minimum atomic E-state index is -4.55. The zero-order valence-corrected chi connectivity index (χ0v) is 10.5. The lowest BCUT2D eigenvalue weighted by Gasteiger charge is -2.40. The van der Waals surface area contributed by atoms with Gasteiger partial charge in [0.05, 0.1) is 11.5 Å². The zero-order valence-electron chi connectivity index (χ0n) is 8.89. The van der Waals surface area contributed by atoms with Gasteiger partial charge in [-0.2, -0.15) is 13.2 Å². The quantitative estimate of drug-likeness (QED) is 0.771. The molecule has 0 radical (unpaired) electrons. The van der Waals surface area contributed by atoms with Gasteiger partial charge >= 0.3 is 6.18 Å². The number of aromatic nitrogens is 1. The van der Waals surface area contributed by atoms with Gasteiger partial charge in [0.25, 0.3) is 0 Å². The number of pyridine rings is 1. The maximum Gasteiger partial charge on any atom is 0.419 e. The number of rotatable bonds is 2.